The largest absolute Gasteiger partial charge is 0.357 e. The SMILES string of the molecule is [C-]#[N+]C(=NC)C(=O)NC1CC1. The van der Waals surface area contributed by atoms with Crippen LogP contribution in [0.4, 0.5) is 0 Å². The molecular formula is C7H9N3O. The van der Waals surface area contributed by atoms with Crippen molar-refractivity contribution in [3.63, 3.8) is 0 Å². The average molecular weight is 151 g/mol. The van der Waals surface area contributed by atoms with Crippen molar-refractivity contribution in [3.05, 3.63) is 11.4 Å². The van der Waals surface area contributed by atoms with Gasteiger partial charge in [-0.3, -0.25) is 4.79 Å². The fourth-order valence-corrected chi connectivity index (χ4v) is 0.680. The van der Waals surface area contributed by atoms with E-state index in [1.807, 2.05) is 0 Å². The molecule has 0 aliphatic heterocycles. The van der Waals surface area contributed by atoms with Gasteiger partial charge in [0.25, 0.3) is 5.91 Å². The lowest BCUT2D eigenvalue weighted by Crippen LogP contribution is -2.30. The number of hydrogen-bond acceptors (Lipinski definition) is 2. The minimum Gasteiger partial charge on any atom is -0.357 e. The Morgan fingerprint density at radius 3 is 2.73 bits per heavy atom. The van der Waals surface area contributed by atoms with Gasteiger partial charge in [0, 0.05) is 6.04 Å². The second-order valence-corrected chi connectivity index (χ2v) is 2.41. The van der Waals surface area contributed by atoms with Gasteiger partial charge in [-0.25, -0.2) is 0 Å². The van der Waals surface area contributed by atoms with Crippen LogP contribution in [-0.4, -0.2) is 24.8 Å². The molecule has 0 atom stereocenters. The number of carbonyl (C=O) groups excluding carboxylic acids is 1. The zero-order valence-electron chi connectivity index (χ0n) is 6.29. The first-order valence-corrected chi connectivity index (χ1v) is 3.43. The van der Waals surface area contributed by atoms with Crippen molar-refractivity contribution >= 4 is 11.7 Å². The van der Waals surface area contributed by atoms with E-state index in [1.54, 1.807) is 0 Å². The molecule has 4 nitrogen and oxygen atoms in total. The van der Waals surface area contributed by atoms with Crippen LogP contribution in [0.2, 0.25) is 0 Å². The zero-order valence-corrected chi connectivity index (χ0v) is 6.29. The standard InChI is InChI=1S/C7H9N3O/c1-8-6(9-2)7(11)10-5-3-4-5/h5H,3-4H2,1H3,(H,10,11). The third-order valence-electron chi connectivity index (χ3n) is 1.43. The highest BCUT2D eigenvalue weighted by molar-refractivity contribution is 6.41. The van der Waals surface area contributed by atoms with Gasteiger partial charge in [-0.15, -0.1) is 0 Å². The number of rotatable bonds is 1. The normalized spacial score (nSPS) is 17.3. The van der Waals surface area contributed by atoms with Crippen molar-refractivity contribution in [2.45, 2.75) is 18.9 Å². The van der Waals surface area contributed by atoms with E-state index in [-0.39, 0.29) is 11.7 Å². The number of amides is 1. The molecule has 1 fully saturated rings. The molecule has 0 radical (unpaired) electrons. The molecule has 11 heavy (non-hydrogen) atoms. The first kappa shape index (κ1) is 7.73. The molecular weight excluding hydrogens is 142 g/mol. The summed E-state index contributed by atoms with van der Waals surface area (Å²) in [6.07, 6.45) is 2.06. The van der Waals surface area contributed by atoms with Crippen molar-refractivity contribution in [2.24, 2.45) is 4.99 Å². The van der Waals surface area contributed by atoms with Crippen molar-refractivity contribution in [3.8, 4) is 0 Å². The Morgan fingerprint density at radius 2 is 2.36 bits per heavy atom. The monoisotopic (exact) mass is 151 g/mol. The van der Waals surface area contributed by atoms with E-state index in [0.717, 1.165) is 12.8 Å². The van der Waals surface area contributed by atoms with Crippen molar-refractivity contribution in [1.82, 2.24) is 5.32 Å². The van der Waals surface area contributed by atoms with E-state index in [1.165, 1.54) is 7.05 Å². The van der Waals surface area contributed by atoms with E-state index >= 15 is 0 Å². The summed E-state index contributed by atoms with van der Waals surface area (Å²) >= 11 is 0. The Balaban J connectivity index is 2.45. The Kier molecular flexibility index (Phi) is 2.21. The minimum atomic E-state index is -0.343. The summed E-state index contributed by atoms with van der Waals surface area (Å²) < 4.78 is 0. The molecule has 4 heteroatoms. The molecule has 0 saturated heterocycles. The van der Waals surface area contributed by atoms with Gasteiger partial charge in [-0.2, -0.15) is 4.99 Å². The number of aliphatic imine (C=N–C) groups is 1. The van der Waals surface area contributed by atoms with Crippen LogP contribution < -0.4 is 5.32 Å². The topological polar surface area (TPSA) is 45.8 Å². The minimum absolute atomic E-state index is 0.0584. The highest BCUT2D eigenvalue weighted by Gasteiger charge is 2.24. The van der Waals surface area contributed by atoms with Gasteiger partial charge >= 0.3 is 5.84 Å². The number of nitrogens with zero attached hydrogens (tertiary/aromatic N) is 2. The van der Waals surface area contributed by atoms with Crippen LogP contribution in [0, 0.1) is 6.57 Å². The Bertz CT molecular complexity index is 235. The van der Waals surface area contributed by atoms with Crippen molar-refractivity contribution in [2.75, 3.05) is 7.05 Å². The fourth-order valence-electron chi connectivity index (χ4n) is 0.680. The molecule has 0 aromatic carbocycles. The van der Waals surface area contributed by atoms with Crippen LogP contribution in [0.1, 0.15) is 12.8 Å². The fraction of sp³-hybridized carbons (Fsp3) is 0.571. The first-order chi connectivity index (χ1) is 5.27. The van der Waals surface area contributed by atoms with E-state index in [4.69, 9.17) is 6.57 Å². The Hall–Kier alpha value is -1.37. The zero-order chi connectivity index (χ0) is 8.27. The van der Waals surface area contributed by atoms with Crippen LogP contribution >= 0.6 is 0 Å². The van der Waals surface area contributed by atoms with Gasteiger partial charge in [0.15, 0.2) is 0 Å². The molecule has 0 spiro atoms. The molecule has 58 valence electrons. The molecule has 0 heterocycles. The number of carbonyl (C=O) groups is 1. The molecule has 0 unspecified atom stereocenters. The summed E-state index contributed by atoms with van der Waals surface area (Å²) in [4.78, 5) is 17.5. The van der Waals surface area contributed by atoms with Gasteiger partial charge in [-0.1, -0.05) is 6.57 Å². The summed E-state index contributed by atoms with van der Waals surface area (Å²) in [6, 6.07) is 0.293. The summed E-state index contributed by atoms with van der Waals surface area (Å²) in [6.45, 7) is 6.59. The van der Waals surface area contributed by atoms with E-state index in [0.29, 0.717) is 6.04 Å². The third-order valence-corrected chi connectivity index (χ3v) is 1.43. The van der Waals surface area contributed by atoms with E-state index in [9.17, 15) is 4.79 Å². The maximum Gasteiger partial charge on any atom is 0.329 e. The highest BCUT2D eigenvalue weighted by atomic mass is 16.2. The predicted molar refractivity (Wildman–Crippen MR) is 41.1 cm³/mol. The number of amidine groups is 1. The third kappa shape index (κ3) is 2.04. The van der Waals surface area contributed by atoms with E-state index in [2.05, 4.69) is 15.2 Å². The van der Waals surface area contributed by atoms with Crippen LogP contribution in [-0.2, 0) is 4.79 Å². The van der Waals surface area contributed by atoms with Crippen LogP contribution in [0.5, 0.6) is 0 Å². The van der Waals surface area contributed by atoms with Gasteiger partial charge in [0.05, 0.1) is 0 Å². The lowest BCUT2D eigenvalue weighted by atomic mass is 10.5. The van der Waals surface area contributed by atoms with Gasteiger partial charge in [-0.05, 0) is 12.8 Å². The smallest absolute Gasteiger partial charge is 0.329 e. The summed E-state index contributed by atoms with van der Waals surface area (Å²) in [5, 5.41) is 2.67. The maximum atomic E-state index is 11.0. The molecule has 1 aliphatic rings. The number of nitrogens with one attached hydrogen (secondary N) is 1. The Labute approximate surface area is 65.1 Å². The quantitative estimate of drug-likeness (QED) is 0.325. The average Bonchev–Trinajstić information content (AvgIpc) is 2.74. The molecule has 1 amide bonds. The van der Waals surface area contributed by atoms with Gasteiger partial charge in [0.1, 0.15) is 7.05 Å². The molecule has 0 aromatic rings. The Morgan fingerprint density at radius 1 is 1.73 bits per heavy atom. The molecule has 1 rings (SSSR count). The van der Waals surface area contributed by atoms with Crippen LogP contribution in [0.3, 0.4) is 0 Å². The van der Waals surface area contributed by atoms with Crippen LogP contribution in [0.15, 0.2) is 4.99 Å². The lowest BCUT2D eigenvalue weighted by molar-refractivity contribution is -0.114. The predicted octanol–water partition coefficient (Wildman–Crippen LogP) is 0.213. The van der Waals surface area contributed by atoms with Gasteiger partial charge < -0.3 is 10.2 Å². The maximum absolute atomic E-state index is 11.0. The second-order valence-electron chi connectivity index (χ2n) is 2.41. The highest BCUT2D eigenvalue weighted by Crippen LogP contribution is 2.18. The van der Waals surface area contributed by atoms with Gasteiger partial charge in [0.2, 0.25) is 0 Å². The summed E-state index contributed by atoms with van der Waals surface area (Å²) in [7, 11) is 1.44. The molecule has 1 aliphatic carbocycles. The van der Waals surface area contributed by atoms with E-state index < -0.39 is 0 Å². The molecule has 1 N–H and O–H groups in total. The molecule has 0 aromatic heterocycles. The van der Waals surface area contributed by atoms with Crippen molar-refractivity contribution in [1.29, 1.82) is 0 Å². The molecule has 0 bridgehead atoms. The molecule has 1 saturated carbocycles. The summed E-state index contributed by atoms with van der Waals surface area (Å²) in [5.74, 6) is -0.401. The second kappa shape index (κ2) is 3.15. The van der Waals surface area contributed by atoms with Crippen LogP contribution in [0.25, 0.3) is 4.85 Å². The summed E-state index contributed by atoms with van der Waals surface area (Å²) in [5.41, 5.74) is 0. The first-order valence-electron chi connectivity index (χ1n) is 3.43. The van der Waals surface area contributed by atoms with Crippen molar-refractivity contribution < 1.29 is 4.79 Å². The number of hydrogen-bond donors (Lipinski definition) is 1. The lowest BCUT2D eigenvalue weighted by Gasteiger charge is -1.98.